The zero-order valence-electron chi connectivity index (χ0n) is 14.8. The first kappa shape index (κ1) is 19.0. The number of carbonyl (C=O) groups excluding carboxylic acids is 1. The van der Waals surface area contributed by atoms with Crippen LogP contribution in [0.4, 0.5) is 5.00 Å². The van der Waals surface area contributed by atoms with Crippen LogP contribution in [0.25, 0.3) is 22.9 Å². The van der Waals surface area contributed by atoms with Crippen LogP contribution in [0, 0.1) is 18.3 Å². The number of benzene rings is 2. The number of hydrogen-bond donors (Lipinski definition) is 1. The molecule has 0 fully saturated rings. The van der Waals surface area contributed by atoms with Gasteiger partial charge in [-0.3, -0.25) is 4.79 Å². The second-order valence-corrected chi connectivity index (χ2v) is 7.88. The summed E-state index contributed by atoms with van der Waals surface area (Å²) < 4.78 is 0.937. The van der Waals surface area contributed by atoms with Gasteiger partial charge in [-0.1, -0.05) is 69.2 Å². The highest BCUT2D eigenvalue weighted by Crippen LogP contribution is 2.36. The van der Waals surface area contributed by atoms with Crippen molar-refractivity contribution in [1.82, 2.24) is 4.98 Å². The average Bonchev–Trinajstić information content (AvgIpc) is 3.03. The Hall–Kier alpha value is -2.75. The average molecular weight is 438 g/mol. The Morgan fingerprint density at radius 3 is 2.63 bits per heavy atom. The van der Waals surface area contributed by atoms with E-state index in [0.717, 1.165) is 21.2 Å². The molecule has 134 valence electrons. The monoisotopic (exact) mass is 437 g/mol. The number of carbonyl (C=O) groups is 1. The number of nitrogens with one attached hydrogen (secondary N) is 1. The van der Waals surface area contributed by atoms with Crippen molar-refractivity contribution in [2.45, 2.75) is 13.8 Å². The number of halogens is 1. The molecule has 1 heterocycles. The first-order chi connectivity index (χ1) is 13.0. The van der Waals surface area contributed by atoms with Gasteiger partial charge in [0.15, 0.2) is 0 Å². The van der Waals surface area contributed by atoms with Gasteiger partial charge in [0.1, 0.15) is 21.8 Å². The third-order valence-electron chi connectivity index (χ3n) is 3.75. The minimum absolute atomic E-state index is 0.173. The molecule has 0 bridgehead atoms. The van der Waals surface area contributed by atoms with Crippen LogP contribution in [0.3, 0.4) is 0 Å². The van der Waals surface area contributed by atoms with E-state index in [9.17, 15) is 10.1 Å². The van der Waals surface area contributed by atoms with Gasteiger partial charge in [0, 0.05) is 17.0 Å². The molecule has 0 saturated carbocycles. The van der Waals surface area contributed by atoms with Crippen molar-refractivity contribution >= 4 is 49.8 Å². The summed E-state index contributed by atoms with van der Waals surface area (Å²) in [5, 5.41) is 13.7. The number of aryl methyl sites for hydroxylation is 1. The van der Waals surface area contributed by atoms with E-state index >= 15 is 0 Å². The Kier molecular flexibility index (Phi) is 5.84. The van der Waals surface area contributed by atoms with Gasteiger partial charge in [-0.25, -0.2) is 4.98 Å². The van der Waals surface area contributed by atoms with Crippen LogP contribution < -0.4 is 5.32 Å². The van der Waals surface area contributed by atoms with E-state index in [0.29, 0.717) is 21.3 Å². The highest BCUT2D eigenvalue weighted by molar-refractivity contribution is 9.10. The summed E-state index contributed by atoms with van der Waals surface area (Å²) in [6.45, 7) is 3.47. The number of anilines is 1. The molecule has 4 nitrogen and oxygen atoms in total. The minimum atomic E-state index is -0.173. The molecular formula is C21H16BrN3OS. The van der Waals surface area contributed by atoms with Gasteiger partial charge in [-0.2, -0.15) is 5.26 Å². The molecule has 0 aliphatic heterocycles. The van der Waals surface area contributed by atoms with Crippen molar-refractivity contribution < 1.29 is 4.79 Å². The number of rotatable bonds is 4. The number of nitriles is 1. The Morgan fingerprint density at radius 2 is 2.00 bits per heavy atom. The van der Waals surface area contributed by atoms with Crippen LogP contribution in [-0.4, -0.2) is 10.9 Å². The number of aromatic nitrogens is 1. The Bertz CT molecular complexity index is 1060. The van der Waals surface area contributed by atoms with Crippen molar-refractivity contribution in [2.75, 3.05) is 5.32 Å². The van der Waals surface area contributed by atoms with Crippen LogP contribution in [-0.2, 0) is 4.79 Å². The van der Waals surface area contributed by atoms with E-state index in [2.05, 4.69) is 32.3 Å². The molecule has 0 unspecified atom stereocenters. The largest absolute Gasteiger partial charge is 0.316 e. The summed E-state index contributed by atoms with van der Waals surface area (Å²) in [6.07, 6.45) is 1.79. The zero-order chi connectivity index (χ0) is 19.4. The molecule has 1 N–H and O–H groups in total. The second-order valence-electron chi connectivity index (χ2n) is 5.97. The maximum Gasteiger partial charge on any atom is 0.221 e. The molecule has 0 spiro atoms. The maximum absolute atomic E-state index is 11.6. The highest BCUT2D eigenvalue weighted by Gasteiger charge is 2.17. The van der Waals surface area contributed by atoms with Crippen molar-refractivity contribution in [3.05, 3.63) is 69.1 Å². The van der Waals surface area contributed by atoms with Crippen LogP contribution in [0.15, 0.2) is 53.0 Å². The van der Waals surface area contributed by atoms with Gasteiger partial charge in [-0.15, -0.1) is 0 Å². The Balaban J connectivity index is 2.08. The van der Waals surface area contributed by atoms with Gasteiger partial charge >= 0.3 is 0 Å². The molecule has 2 aromatic carbocycles. The highest BCUT2D eigenvalue weighted by atomic mass is 79.9. The van der Waals surface area contributed by atoms with Crippen LogP contribution in [0.1, 0.15) is 23.1 Å². The van der Waals surface area contributed by atoms with Gasteiger partial charge in [0.2, 0.25) is 5.91 Å². The van der Waals surface area contributed by atoms with Crippen molar-refractivity contribution in [3.8, 4) is 17.3 Å². The normalized spacial score (nSPS) is 11.1. The molecule has 1 aromatic heterocycles. The topological polar surface area (TPSA) is 65.8 Å². The van der Waals surface area contributed by atoms with Crippen LogP contribution >= 0.6 is 27.3 Å². The lowest BCUT2D eigenvalue weighted by atomic mass is 10.1. The first-order valence-corrected chi connectivity index (χ1v) is 9.80. The van der Waals surface area contributed by atoms with Crippen molar-refractivity contribution in [3.63, 3.8) is 0 Å². The predicted octanol–water partition coefficient (Wildman–Crippen LogP) is 5.90. The number of nitrogens with zero attached hydrogens (tertiary/aromatic N) is 2. The maximum atomic E-state index is 11.6. The van der Waals surface area contributed by atoms with Gasteiger partial charge < -0.3 is 5.32 Å². The number of hydrogen-bond acceptors (Lipinski definition) is 4. The minimum Gasteiger partial charge on any atom is -0.316 e. The molecular weight excluding hydrogens is 422 g/mol. The molecule has 3 rings (SSSR count). The van der Waals surface area contributed by atoms with E-state index in [1.165, 1.54) is 18.3 Å². The van der Waals surface area contributed by atoms with Gasteiger partial charge in [0.05, 0.1) is 5.57 Å². The summed E-state index contributed by atoms with van der Waals surface area (Å²) in [5.74, 6) is -0.173. The molecule has 0 aliphatic carbocycles. The summed E-state index contributed by atoms with van der Waals surface area (Å²) in [5.41, 5.74) is 4.05. The lowest BCUT2D eigenvalue weighted by Gasteiger charge is -2.03. The number of thiazole rings is 1. The van der Waals surface area contributed by atoms with Crippen LogP contribution in [0.2, 0.25) is 0 Å². The summed E-state index contributed by atoms with van der Waals surface area (Å²) in [6, 6.07) is 17.8. The van der Waals surface area contributed by atoms with Crippen molar-refractivity contribution in [2.24, 2.45) is 0 Å². The Labute approximate surface area is 170 Å². The third-order valence-corrected chi connectivity index (χ3v) is 5.25. The summed E-state index contributed by atoms with van der Waals surface area (Å²) in [7, 11) is 0. The molecule has 6 heteroatoms. The smallest absolute Gasteiger partial charge is 0.221 e. The Morgan fingerprint density at radius 1 is 1.26 bits per heavy atom. The zero-order valence-corrected chi connectivity index (χ0v) is 17.2. The molecule has 0 aliphatic rings. The van der Waals surface area contributed by atoms with E-state index in [4.69, 9.17) is 0 Å². The lowest BCUT2D eigenvalue weighted by molar-refractivity contribution is -0.114. The summed E-state index contributed by atoms with van der Waals surface area (Å²) >= 11 is 4.73. The molecule has 1 amide bonds. The molecule has 0 radical (unpaired) electrons. The van der Waals surface area contributed by atoms with Crippen molar-refractivity contribution in [1.29, 1.82) is 5.26 Å². The van der Waals surface area contributed by atoms with Gasteiger partial charge in [0.25, 0.3) is 0 Å². The molecule has 0 atom stereocenters. The SMILES string of the molecule is CC(=O)Nc1sc(C(C#N)=Cc2cccc(Br)c2)nc1-c1ccc(C)cc1. The molecule has 3 aromatic rings. The van der Waals surface area contributed by atoms with E-state index < -0.39 is 0 Å². The number of allylic oxidation sites excluding steroid dienone is 1. The fraction of sp³-hybridized carbons (Fsp3) is 0.0952. The second kappa shape index (κ2) is 8.30. The van der Waals surface area contributed by atoms with Gasteiger partial charge in [-0.05, 0) is 30.7 Å². The summed E-state index contributed by atoms with van der Waals surface area (Å²) in [4.78, 5) is 16.3. The molecule has 27 heavy (non-hydrogen) atoms. The number of amides is 1. The standard InChI is InChI=1S/C21H16BrN3OS/c1-13-6-8-16(9-7-13)19-21(24-14(2)26)27-20(25-19)17(12-23)10-15-4-3-5-18(22)11-15/h3-11H,1-2H3,(H,24,26). The van der Waals surface area contributed by atoms with Crippen LogP contribution in [0.5, 0.6) is 0 Å². The predicted molar refractivity (Wildman–Crippen MR) is 114 cm³/mol. The van der Waals surface area contributed by atoms with E-state index in [1.807, 2.05) is 55.5 Å². The first-order valence-electron chi connectivity index (χ1n) is 8.19. The fourth-order valence-electron chi connectivity index (χ4n) is 2.49. The third kappa shape index (κ3) is 4.70. The fourth-order valence-corrected chi connectivity index (χ4v) is 3.91. The van der Waals surface area contributed by atoms with E-state index in [-0.39, 0.29) is 5.91 Å². The molecule has 0 saturated heterocycles. The lowest BCUT2D eigenvalue weighted by Crippen LogP contribution is -2.05. The quantitative estimate of drug-likeness (QED) is 0.516. The van der Waals surface area contributed by atoms with E-state index in [1.54, 1.807) is 6.08 Å².